The Morgan fingerprint density at radius 2 is 2.16 bits per heavy atom. The van der Waals surface area contributed by atoms with Crippen molar-refractivity contribution in [1.82, 2.24) is 9.97 Å². The number of nitrogen functional groups attached to an aromatic ring is 1. The molecular weight excluding hydrogens is 246 g/mol. The zero-order valence-corrected chi connectivity index (χ0v) is 9.98. The van der Waals surface area contributed by atoms with Gasteiger partial charge in [-0.15, -0.1) is 0 Å². The van der Waals surface area contributed by atoms with E-state index in [0.29, 0.717) is 6.54 Å². The third kappa shape index (κ3) is 1.85. The van der Waals surface area contributed by atoms with Crippen LogP contribution in [-0.4, -0.2) is 21.4 Å². The highest BCUT2D eigenvalue weighted by atomic mass is 16.6. The van der Waals surface area contributed by atoms with Crippen LogP contribution >= 0.6 is 0 Å². The predicted octanol–water partition coefficient (Wildman–Crippen LogP) is 1.66. The fourth-order valence-electron chi connectivity index (χ4n) is 2.27. The average molecular weight is 257 g/mol. The van der Waals surface area contributed by atoms with Crippen molar-refractivity contribution in [3.63, 3.8) is 0 Å². The Kier molecular flexibility index (Phi) is 2.52. The largest absolute Gasteiger partial charge is 0.368 e. The molecule has 0 saturated heterocycles. The zero-order valence-electron chi connectivity index (χ0n) is 9.98. The molecule has 1 aliphatic heterocycles. The smallest absolute Gasteiger partial charge is 0.330 e. The van der Waals surface area contributed by atoms with E-state index in [1.54, 1.807) is 0 Å². The molecule has 3 rings (SSSR count). The normalized spacial score (nSPS) is 13.4. The van der Waals surface area contributed by atoms with Gasteiger partial charge in [0.25, 0.3) is 0 Å². The molecule has 0 aliphatic carbocycles. The van der Waals surface area contributed by atoms with Gasteiger partial charge in [-0.05, 0) is 18.1 Å². The van der Waals surface area contributed by atoms with E-state index in [-0.39, 0.29) is 17.5 Å². The molecule has 7 heteroatoms. The van der Waals surface area contributed by atoms with Gasteiger partial charge in [0.05, 0.1) is 4.92 Å². The van der Waals surface area contributed by atoms with Crippen molar-refractivity contribution < 1.29 is 4.92 Å². The number of hydrogen-bond donors (Lipinski definition) is 1. The fourth-order valence-corrected chi connectivity index (χ4v) is 2.27. The van der Waals surface area contributed by atoms with Gasteiger partial charge in [-0.2, -0.15) is 4.98 Å². The van der Waals surface area contributed by atoms with Crippen LogP contribution in [0.15, 0.2) is 30.5 Å². The Hall–Kier alpha value is -2.70. The van der Waals surface area contributed by atoms with Crippen LogP contribution in [0.1, 0.15) is 5.56 Å². The highest BCUT2D eigenvalue weighted by Crippen LogP contribution is 2.37. The number of benzene rings is 1. The molecule has 0 fully saturated rings. The van der Waals surface area contributed by atoms with Gasteiger partial charge >= 0.3 is 5.69 Å². The van der Waals surface area contributed by atoms with E-state index in [9.17, 15) is 10.1 Å². The molecule has 0 atom stereocenters. The summed E-state index contributed by atoms with van der Waals surface area (Å²) in [6, 6.07) is 7.77. The summed E-state index contributed by atoms with van der Waals surface area (Å²) in [6.45, 7) is 0.649. The predicted molar refractivity (Wildman–Crippen MR) is 70.3 cm³/mol. The van der Waals surface area contributed by atoms with Gasteiger partial charge in [0.15, 0.2) is 0 Å². The second kappa shape index (κ2) is 4.20. The van der Waals surface area contributed by atoms with Crippen LogP contribution in [-0.2, 0) is 6.42 Å². The van der Waals surface area contributed by atoms with Crippen LogP contribution in [0, 0.1) is 10.1 Å². The molecule has 0 unspecified atom stereocenters. The van der Waals surface area contributed by atoms with Crippen molar-refractivity contribution in [3.05, 3.63) is 46.1 Å². The standard InChI is InChI=1S/C12H11N5O2/c13-12-14-7-10(17(18)19)11(15-12)16-6-5-8-3-1-2-4-9(8)16/h1-4,7H,5-6H2,(H2,13,14,15). The molecular formula is C12H11N5O2. The second-order valence-corrected chi connectivity index (χ2v) is 4.22. The summed E-state index contributed by atoms with van der Waals surface area (Å²) >= 11 is 0. The quantitative estimate of drug-likeness (QED) is 0.649. The molecule has 7 nitrogen and oxygen atoms in total. The number of hydrogen-bond acceptors (Lipinski definition) is 6. The van der Waals surface area contributed by atoms with Crippen LogP contribution < -0.4 is 10.6 Å². The van der Waals surface area contributed by atoms with Gasteiger partial charge < -0.3 is 10.6 Å². The number of nitro groups is 1. The number of nitrogens with two attached hydrogens (primary N) is 1. The maximum Gasteiger partial charge on any atom is 0.330 e. The number of anilines is 3. The number of para-hydroxylation sites is 1. The lowest BCUT2D eigenvalue weighted by Gasteiger charge is -2.17. The van der Waals surface area contributed by atoms with Gasteiger partial charge in [-0.1, -0.05) is 18.2 Å². The van der Waals surface area contributed by atoms with Gasteiger partial charge in [-0.3, -0.25) is 10.1 Å². The molecule has 2 N–H and O–H groups in total. The SMILES string of the molecule is Nc1ncc([N+](=O)[O-])c(N2CCc3ccccc32)n1. The summed E-state index contributed by atoms with van der Waals surface area (Å²) in [5.41, 5.74) is 7.49. The molecule has 2 aromatic rings. The molecule has 1 aromatic carbocycles. The topological polar surface area (TPSA) is 98.2 Å². The first-order valence-electron chi connectivity index (χ1n) is 5.79. The molecule has 96 valence electrons. The van der Waals surface area contributed by atoms with Crippen molar-refractivity contribution in [2.45, 2.75) is 6.42 Å². The Bertz CT molecular complexity index is 658. The highest BCUT2D eigenvalue weighted by molar-refractivity contribution is 5.73. The lowest BCUT2D eigenvalue weighted by atomic mass is 10.2. The van der Waals surface area contributed by atoms with Gasteiger partial charge in [-0.25, -0.2) is 4.98 Å². The summed E-state index contributed by atoms with van der Waals surface area (Å²) in [5, 5.41) is 11.1. The first kappa shape index (κ1) is 11.4. The number of nitrogens with zero attached hydrogens (tertiary/aromatic N) is 4. The number of fused-ring (bicyclic) bond motifs is 1. The van der Waals surface area contributed by atoms with E-state index >= 15 is 0 Å². The first-order chi connectivity index (χ1) is 9.16. The first-order valence-corrected chi connectivity index (χ1v) is 5.79. The van der Waals surface area contributed by atoms with E-state index in [0.717, 1.165) is 23.9 Å². The minimum atomic E-state index is -0.490. The second-order valence-electron chi connectivity index (χ2n) is 4.22. The third-order valence-electron chi connectivity index (χ3n) is 3.11. The summed E-state index contributed by atoms with van der Waals surface area (Å²) in [7, 11) is 0. The summed E-state index contributed by atoms with van der Waals surface area (Å²) in [4.78, 5) is 20.1. The minimum Gasteiger partial charge on any atom is -0.368 e. The van der Waals surface area contributed by atoms with Crippen molar-refractivity contribution in [2.75, 3.05) is 17.2 Å². The molecule has 19 heavy (non-hydrogen) atoms. The Balaban J connectivity index is 2.13. The zero-order chi connectivity index (χ0) is 13.4. The maximum absolute atomic E-state index is 11.1. The third-order valence-corrected chi connectivity index (χ3v) is 3.11. The molecule has 0 bridgehead atoms. The molecule has 1 aromatic heterocycles. The lowest BCUT2D eigenvalue weighted by Crippen LogP contribution is -2.17. The van der Waals surface area contributed by atoms with Crippen molar-refractivity contribution in [3.8, 4) is 0 Å². The minimum absolute atomic E-state index is 0.0324. The summed E-state index contributed by atoms with van der Waals surface area (Å²) in [6.07, 6.45) is 1.98. The van der Waals surface area contributed by atoms with Crippen LogP contribution in [0.4, 0.5) is 23.1 Å². The Morgan fingerprint density at radius 3 is 2.95 bits per heavy atom. The summed E-state index contributed by atoms with van der Waals surface area (Å²) < 4.78 is 0. The Labute approximate surface area is 108 Å². The molecule has 0 spiro atoms. The summed E-state index contributed by atoms with van der Waals surface area (Å²) in [5.74, 6) is 0.285. The molecule has 0 saturated carbocycles. The average Bonchev–Trinajstić information content (AvgIpc) is 2.82. The molecule has 1 aliphatic rings. The van der Waals surface area contributed by atoms with Gasteiger partial charge in [0, 0.05) is 12.2 Å². The molecule has 0 amide bonds. The van der Waals surface area contributed by atoms with E-state index in [2.05, 4.69) is 9.97 Å². The van der Waals surface area contributed by atoms with Crippen LogP contribution in [0.5, 0.6) is 0 Å². The van der Waals surface area contributed by atoms with Crippen LogP contribution in [0.2, 0.25) is 0 Å². The highest BCUT2D eigenvalue weighted by Gasteiger charge is 2.28. The molecule has 2 heterocycles. The van der Waals surface area contributed by atoms with Crippen molar-refractivity contribution in [2.24, 2.45) is 0 Å². The van der Waals surface area contributed by atoms with Gasteiger partial charge in [0.1, 0.15) is 6.20 Å². The van der Waals surface area contributed by atoms with E-state index in [1.165, 1.54) is 0 Å². The molecule has 0 radical (unpaired) electrons. The van der Waals surface area contributed by atoms with E-state index in [4.69, 9.17) is 5.73 Å². The lowest BCUT2D eigenvalue weighted by molar-refractivity contribution is -0.384. The fraction of sp³-hybridized carbons (Fsp3) is 0.167. The van der Waals surface area contributed by atoms with Gasteiger partial charge in [0.2, 0.25) is 11.8 Å². The van der Waals surface area contributed by atoms with E-state index in [1.807, 2.05) is 29.2 Å². The maximum atomic E-state index is 11.1. The Morgan fingerprint density at radius 1 is 1.37 bits per heavy atom. The monoisotopic (exact) mass is 257 g/mol. The number of rotatable bonds is 2. The van der Waals surface area contributed by atoms with Crippen LogP contribution in [0.3, 0.4) is 0 Å². The van der Waals surface area contributed by atoms with Crippen molar-refractivity contribution in [1.29, 1.82) is 0 Å². The van der Waals surface area contributed by atoms with E-state index < -0.39 is 4.92 Å². The number of aromatic nitrogens is 2. The van der Waals surface area contributed by atoms with Crippen LogP contribution in [0.25, 0.3) is 0 Å². The van der Waals surface area contributed by atoms with Crippen molar-refractivity contribution >= 4 is 23.1 Å².